The number of anilines is 2. The number of urea groups is 1. The summed E-state index contributed by atoms with van der Waals surface area (Å²) in [5.41, 5.74) is 1.92. The highest BCUT2D eigenvalue weighted by molar-refractivity contribution is 5.91. The Morgan fingerprint density at radius 3 is 2.50 bits per heavy atom. The van der Waals surface area contributed by atoms with Crippen LogP contribution in [0.2, 0.25) is 0 Å². The number of benzene rings is 1. The maximum atomic E-state index is 12.3. The molecule has 7 nitrogen and oxygen atoms in total. The minimum Gasteiger partial charge on any atom is -0.449 e. The fourth-order valence-electron chi connectivity index (χ4n) is 2.10. The quantitative estimate of drug-likeness (QED) is 0.821. The second-order valence-corrected chi connectivity index (χ2v) is 6.31. The van der Waals surface area contributed by atoms with Gasteiger partial charge in [0.2, 0.25) is 0 Å². The van der Waals surface area contributed by atoms with Crippen LogP contribution >= 0.6 is 0 Å². The van der Waals surface area contributed by atoms with E-state index in [1.54, 1.807) is 37.5 Å². The van der Waals surface area contributed by atoms with Crippen LogP contribution in [0.1, 0.15) is 19.5 Å². The van der Waals surface area contributed by atoms with Gasteiger partial charge in [-0.15, -0.1) is 0 Å². The summed E-state index contributed by atoms with van der Waals surface area (Å²) in [5.74, 6) is 0.265. The van der Waals surface area contributed by atoms with Crippen molar-refractivity contribution in [3.05, 3.63) is 54.4 Å². The van der Waals surface area contributed by atoms with Crippen LogP contribution in [-0.4, -0.2) is 35.7 Å². The van der Waals surface area contributed by atoms with Gasteiger partial charge in [-0.3, -0.25) is 10.3 Å². The molecule has 0 saturated carbocycles. The predicted octanol–water partition coefficient (Wildman–Crippen LogP) is 3.95. The summed E-state index contributed by atoms with van der Waals surface area (Å²) in [6.45, 7) is 4.67. The molecule has 2 aromatic rings. The highest BCUT2D eigenvalue weighted by Crippen LogP contribution is 2.16. The Labute approximate surface area is 153 Å². The Morgan fingerprint density at radius 1 is 1.12 bits per heavy atom. The number of nitrogens with zero attached hydrogens (tertiary/aromatic N) is 2. The molecule has 0 aliphatic carbocycles. The van der Waals surface area contributed by atoms with Gasteiger partial charge in [-0.25, -0.2) is 9.59 Å². The van der Waals surface area contributed by atoms with Gasteiger partial charge in [0.1, 0.15) is 0 Å². The largest absolute Gasteiger partial charge is 0.449 e. The van der Waals surface area contributed by atoms with Gasteiger partial charge in [0.15, 0.2) is 0 Å². The fourth-order valence-corrected chi connectivity index (χ4v) is 2.10. The Hall–Kier alpha value is -3.09. The van der Waals surface area contributed by atoms with Gasteiger partial charge in [-0.1, -0.05) is 26.0 Å². The molecular weight excluding hydrogens is 332 g/mol. The zero-order valence-electron chi connectivity index (χ0n) is 15.2. The molecule has 1 aromatic heterocycles. The minimum atomic E-state index is -0.519. The van der Waals surface area contributed by atoms with Crippen molar-refractivity contribution in [3.63, 3.8) is 0 Å². The number of carbonyl (C=O) groups excluding carboxylic acids is 2. The number of aromatic nitrogens is 1. The highest BCUT2D eigenvalue weighted by Gasteiger charge is 2.11. The van der Waals surface area contributed by atoms with Crippen molar-refractivity contribution in [1.82, 2.24) is 9.88 Å². The summed E-state index contributed by atoms with van der Waals surface area (Å²) in [4.78, 5) is 29.8. The van der Waals surface area contributed by atoms with Crippen molar-refractivity contribution in [3.8, 4) is 0 Å². The van der Waals surface area contributed by atoms with Gasteiger partial charge in [-0.05, 0) is 36.2 Å². The van der Waals surface area contributed by atoms with Gasteiger partial charge in [0.05, 0.1) is 18.8 Å². The summed E-state index contributed by atoms with van der Waals surface area (Å²) < 4.78 is 5.08. The third kappa shape index (κ3) is 6.43. The lowest BCUT2D eigenvalue weighted by Crippen LogP contribution is -2.31. The SMILES string of the molecule is CC(C)COC(=O)Nc1cccc(NC(=O)N(C)Cc2ccccn2)c1. The maximum Gasteiger partial charge on any atom is 0.411 e. The normalized spacial score (nSPS) is 10.3. The Morgan fingerprint density at radius 2 is 1.85 bits per heavy atom. The molecular formula is C19H24N4O3. The average Bonchev–Trinajstić information content (AvgIpc) is 2.61. The van der Waals surface area contributed by atoms with Crippen LogP contribution in [-0.2, 0) is 11.3 Å². The molecule has 0 spiro atoms. The van der Waals surface area contributed by atoms with Crippen molar-refractivity contribution >= 4 is 23.5 Å². The summed E-state index contributed by atoms with van der Waals surface area (Å²) >= 11 is 0. The van der Waals surface area contributed by atoms with Gasteiger partial charge in [0.25, 0.3) is 0 Å². The number of rotatable bonds is 6. The van der Waals surface area contributed by atoms with Gasteiger partial charge in [0, 0.05) is 24.6 Å². The van der Waals surface area contributed by atoms with E-state index in [0.29, 0.717) is 24.5 Å². The lowest BCUT2D eigenvalue weighted by Gasteiger charge is -2.18. The average molecular weight is 356 g/mol. The van der Waals surface area contributed by atoms with E-state index in [1.807, 2.05) is 32.0 Å². The fraction of sp³-hybridized carbons (Fsp3) is 0.316. The molecule has 3 amide bonds. The number of amides is 3. The van der Waals surface area contributed by atoms with E-state index in [1.165, 1.54) is 4.90 Å². The van der Waals surface area contributed by atoms with Gasteiger partial charge >= 0.3 is 12.1 Å². The van der Waals surface area contributed by atoms with E-state index in [0.717, 1.165) is 5.69 Å². The first-order chi connectivity index (χ1) is 12.4. The molecule has 2 rings (SSSR count). The van der Waals surface area contributed by atoms with Crippen LogP contribution in [0, 0.1) is 5.92 Å². The van der Waals surface area contributed by atoms with Crippen LogP contribution < -0.4 is 10.6 Å². The number of ether oxygens (including phenoxy) is 1. The van der Waals surface area contributed by atoms with Crippen LogP contribution in [0.15, 0.2) is 48.7 Å². The second-order valence-electron chi connectivity index (χ2n) is 6.31. The Kier molecular flexibility index (Phi) is 6.96. The third-order valence-electron chi connectivity index (χ3n) is 3.38. The standard InChI is InChI=1S/C19H24N4O3/c1-14(2)13-26-19(25)22-16-9-6-8-15(11-16)21-18(24)23(3)12-17-7-4-5-10-20-17/h4-11,14H,12-13H2,1-3H3,(H,21,24)(H,22,25). The summed E-state index contributed by atoms with van der Waals surface area (Å²) in [6, 6.07) is 12.2. The molecule has 0 aliphatic rings. The summed E-state index contributed by atoms with van der Waals surface area (Å²) in [5, 5.41) is 5.44. The number of hydrogen-bond donors (Lipinski definition) is 2. The van der Waals surface area contributed by atoms with E-state index < -0.39 is 6.09 Å². The third-order valence-corrected chi connectivity index (χ3v) is 3.38. The van der Waals surface area contributed by atoms with Crippen molar-refractivity contribution < 1.29 is 14.3 Å². The number of carbonyl (C=O) groups is 2. The minimum absolute atomic E-state index is 0.265. The highest BCUT2D eigenvalue weighted by atomic mass is 16.5. The number of pyridine rings is 1. The molecule has 0 saturated heterocycles. The Balaban J connectivity index is 1.90. The molecule has 1 aromatic carbocycles. The second kappa shape index (κ2) is 9.41. The van der Waals surface area contributed by atoms with Crippen molar-refractivity contribution in [2.45, 2.75) is 20.4 Å². The van der Waals surface area contributed by atoms with Crippen molar-refractivity contribution in [1.29, 1.82) is 0 Å². The first-order valence-electron chi connectivity index (χ1n) is 8.40. The lowest BCUT2D eigenvalue weighted by atomic mass is 10.2. The van der Waals surface area contributed by atoms with Gasteiger partial charge in [-0.2, -0.15) is 0 Å². The predicted molar refractivity (Wildman–Crippen MR) is 101 cm³/mol. The molecule has 0 atom stereocenters. The first-order valence-corrected chi connectivity index (χ1v) is 8.40. The lowest BCUT2D eigenvalue weighted by molar-refractivity contribution is 0.147. The van der Waals surface area contributed by atoms with E-state index in [4.69, 9.17) is 4.74 Å². The zero-order chi connectivity index (χ0) is 18.9. The van der Waals surface area contributed by atoms with Gasteiger partial charge < -0.3 is 15.0 Å². The molecule has 1 heterocycles. The summed E-state index contributed by atoms with van der Waals surface area (Å²) in [6.07, 6.45) is 1.17. The Bertz CT molecular complexity index is 735. The van der Waals surface area contributed by atoms with Crippen molar-refractivity contribution in [2.75, 3.05) is 24.3 Å². The van der Waals surface area contributed by atoms with Crippen molar-refractivity contribution in [2.24, 2.45) is 5.92 Å². The molecule has 0 fully saturated rings. The number of hydrogen-bond acceptors (Lipinski definition) is 4. The molecule has 2 N–H and O–H groups in total. The van der Waals surface area contributed by atoms with E-state index in [2.05, 4.69) is 15.6 Å². The maximum absolute atomic E-state index is 12.3. The van der Waals surface area contributed by atoms with E-state index in [9.17, 15) is 9.59 Å². The van der Waals surface area contributed by atoms with Crippen LogP contribution in [0.25, 0.3) is 0 Å². The van der Waals surface area contributed by atoms with E-state index in [-0.39, 0.29) is 11.9 Å². The van der Waals surface area contributed by atoms with Crippen LogP contribution in [0.4, 0.5) is 21.0 Å². The molecule has 0 bridgehead atoms. The van der Waals surface area contributed by atoms with E-state index >= 15 is 0 Å². The van der Waals surface area contributed by atoms with Crippen LogP contribution in [0.5, 0.6) is 0 Å². The zero-order valence-corrected chi connectivity index (χ0v) is 15.2. The molecule has 7 heteroatoms. The number of nitrogens with one attached hydrogen (secondary N) is 2. The van der Waals surface area contributed by atoms with Crippen LogP contribution in [0.3, 0.4) is 0 Å². The first kappa shape index (κ1) is 19.2. The molecule has 26 heavy (non-hydrogen) atoms. The molecule has 138 valence electrons. The molecule has 0 unspecified atom stereocenters. The monoisotopic (exact) mass is 356 g/mol. The molecule has 0 aliphatic heterocycles. The summed E-state index contributed by atoms with van der Waals surface area (Å²) in [7, 11) is 1.69. The smallest absolute Gasteiger partial charge is 0.411 e. The topological polar surface area (TPSA) is 83.6 Å². The molecule has 0 radical (unpaired) electrons.